The van der Waals surface area contributed by atoms with Crippen LogP contribution in [0.5, 0.6) is 0 Å². The third-order valence-corrected chi connectivity index (χ3v) is 9.51. The number of rotatable bonds is 1. The molecule has 3 aliphatic rings. The molecule has 2 saturated heterocycles. The quantitative estimate of drug-likeness (QED) is 0.728. The second kappa shape index (κ2) is 5.81. The Kier molecular flexibility index (Phi) is 3.95. The maximum atomic E-state index is 13.2. The molecule has 1 unspecified atom stereocenters. The van der Waals surface area contributed by atoms with E-state index in [1.165, 1.54) is 22.3 Å². The van der Waals surface area contributed by atoms with Crippen LogP contribution in [0.4, 0.5) is 0 Å². The molecule has 1 atom stereocenters. The molecule has 0 bridgehead atoms. The average molecular weight is 383 g/mol. The van der Waals surface area contributed by atoms with Gasteiger partial charge in [-0.05, 0) is 36.3 Å². The van der Waals surface area contributed by atoms with Crippen molar-refractivity contribution in [1.82, 2.24) is 9.80 Å². The molecule has 2 amide bonds. The van der Waals surface area contributed by atoms with Crippen LogP contribution in [0.3, 0.4) is 0 Å². The smallest absolute Gasteiger partial charge is 0.227 e. The number of thiophene rings is 1. The highest BCUT2D eigenvalue weighted by molar-refractivity contribution is 7.93. The molecule has 2 fully saturated rings. The van der Waals surface area contributed by atoms with Crippen LogP contribution in [0.25, 0.3) is 0 Å². The highest BCUT2D eigenvalue weighted by atomic mass is 32.2. The van der Waals surface area contributed by atoms with Crippen molar-refractivity contribution < 1.29 is 18.0 Å². The maximum absolute atomic E-state index is 13.2. The fourth-order valence-corrected chi connectivity index (χ4v) is 7.65. The molecule has 4 rings (SSSR count). The summed E-state index contributed by atoms with van der Waals surface area (Å²) in [7, 11) is -3.35. The van der Waals surface area contributed by atoms with Crippen molar-refractivity contribution in [3.8, 4) is 0 Å². The van der Waals surface area contributed by atoms with E-state index >= 15 is 0 Å². The largest absolute Gasteiger partial charge is 0.340 e. The number of sulfone groups is 1. The van der Waals surface area contributed by atoms with E-state index < -0.39 is 20.5 Å². The first-order chi connectivity index (χ1) is 11.8. The molecule has 1 spiro atoms. The Balaban J connectivity index is 1.58. The van der Waals surface area contributed by atoms with Gasteiger partial charge in [-0.2, -0.15) is 0 Å². The number of hydrogen-bond acceptors (Lipinski definition) is 5. The normalized spacial score (nSPS) is 26.8. The lowest BCUT2D eigenvalue weighted by atomic mass is 9.82. The zero-order chi connectivity index (χ0) is 17.8. The first kappa shape index (κ1) is 17.0. The van der Waals surface area contributed by atoms with Gasteiger partial charge in [-0.3, -0.25) is 9.59 Å². The van der Waals surface area contributed by atoms with E-state index in [4.69, 9.17) is 0 Å². The van der Waals surface area contributed by atoms with Crippen LogP contribution in [-0.4, -0.2) is 60.2 Å². The summed E-state index contributed by atoms with van der Waals surface area (Å²) in [4.78, 5) is 29.5. The van der Waals surface area contributed by atoms with Gasteiger partial charge in [0.25, 0.3) is 0 Å². The van der Waals surface area contributed by atoms with Gasteiger partial charge >= 0.3 is 0 Å². The van der Waals surface area contributed by atoms with E-state index in [-0.39, 0.29) is 30.7 Å². The number of hydrogen-bond donors (Lipinski definition) is 0. The molecule has 25 heavy (non-hydrogen) atoms. The fourth-order valence-electron chi connectivity index (χ4n) is 4.40. The van der Waals surface area contributed by atoms with Crippen LogP contribution in [0.1, 0.15) is 30.2 Å². The third-order valence-electron chi connectivity index (χ3n) is 5.93. The van der Waals surface area contributed by atoms with E-state index in [1.54, 1.807) is 11.3 Å². The topological polar surface area (TPSA) is 74.8 Å². The Morgan fingerprint density at radius 3 is 2.76 bits per heavy atom. The molecule has 6 nitrogen and oxygen atoms in total. The van der Waals surface area contributed by atoms with E-state index in [2.05, 4.69) is 11.4 Å². The first-order valence-corrected chi connectivity index (χ1v) is 11.2. The van der Waals surface area contributed by atoms with Gasteiger partial charge in [0.2, 0.25) is 11.8 Å². The Labute approximate surface area is 151 Å². The van der Waals surface area contributed by atoms with Crippen LogP contribution in [0, 0.1) is 5.92 Å². The van der Waals surface area contributed by atoms with Gasteiger partial charge in [0.05, 0.1) is 11.7 Å². The van der Waals surface area contributed by atoms with Crippen molar-refractivity contribution in [2.75, 3.05) is 25.4 Å². The van der Waals surface area contributed by atoms with Crippen LogP contribution < -0.4 is 0 Å². The van der Waals surface area contributed by atoms with Gasteiger partial charge in [0.15, 0.2) is 9.84 Å². The van der Waals surface area contributed by atoms with Gasteiger partial charge in [-0.15, -0.1) is 11.3 Å². The number of carbonyl (C=O) groups is 2. The first-order valence-electron chi connectivity index (χ1n) is 8.66. The lowest BCUT2D eigenvalue weighted by Gasteiger charge is -2.49. The van der Waals surface area contributed by atoms with Crippen LogP contribution in [-0.2, 0) is 32.4 Å². The molecule has 0 N–H and O–H groups in total. The van der Waals surface area contributed by atoms with Crippen molar-refractivity contribution in [2.24, 2.45) is 5.92 Å². The minimum Gasteiger partial charge on any atom is -0.340 e. The Bertz CT molecular complexity index is 823. The Morgan fingerprint density at radius 2 is 2.04 bits per heavy atom. The molecule has 3 aliphatic heterocycles. The Hall–Kier alpha value is -1.41. The summed E-state index contributed by atoms with van der Waals surface area (Å²) in [6, 6.07) is 2.06. The Morgan fingerprint density at radius 1 is 1.28 bits per heavy atom. The van der Waals surface area contributed by atoms with Crippen LogP contribution in [0.2, 0.25) is 0 Å². The van der Waals surface area contributed by atoms with Crippen molar-refractivity contribution >= 4 is 33.0 Å². The lowest BCUT2D eigenvalue weighted by molar-refractivity contribution is -0.144. The van der Waals surface area contributed by atoms with Gasteiger partial charge < -0.3 is 9.80 Å². The summed E-state index contributed by atoms with van der Waals surface area (Å²) < 4.78 is 24.2. The average Bonchev–Trinajstić information content (AvgIpc) is 2.98. The van der Waals surface area contributed by atoms with Gasteiger partial charge in [0.1, 0.15) is 4.75 Å². The number of fused-ring (bicyclic) bond motifs is 1. The SMILES string of the molecule is CC(=O)N1CC2(C1)C(C(=O)N1CCCc3sccc3C1)CCS2(=O)=O. The summed E-state index contributed by atoms with van der Waals surface area (Å²) in [5, 5.41) is 2.05. The zero-order valence-corrected chi connectivity index (χ0v) is 15.9. The summed E-state index contributed by atoms with van der Waals surface area (Å²) in [5.41, 5.74) is 1.18. The minimum absolute atomic E-state index is 0.0483. The van der Waals surface area contributed by atoms with Crippen molar-refractivity contribution in [3.63, 3.8) is 0 Å². The van der Waals surface area contributed by atoms with Crippen LogP contribution >= 0.6 is 11.3 Å². The number of carbonyl (C=O) groups excluding carboxylic acids is 2. The van der Waals surface area contributed by atoms with E-state index in [0.29, 0.717) is 19.5 Å². The predicted octanol–water partition coefficient (Wildman–Crippen LogP) is 1.06. The number of likely N-dealkylation sites (tertiary alicyclic amines) is 1. The molecule has 1 aromatic rings. The van der Waals surface area contributed by atoms with Gasteiger partial charge in [-0.25, -0.2) is 8.42 Å². The standard InChI is InChI=1S/C17H22N2O4S2/c1-12(20)19-10-17(11-19)14(5-8-25(17,22)23)16(21)18-6-2-3-15-13(9-18)4-7-24-15/h4,7,14H,2-3,5-6,8-11H2,1H3. The van der Waals surface area contributed by atoms with Crippen molar-refractivity contribution in [3.05, 3.63) is 21.9 Å². The molecule has 0 aromatic carbocycles. The van der Waals surface area contributed by atoms with E-state index in [0.717, 1.165) is 12.8 Å². The number of aryl methyl sites for hydroxylation is 1. The molecule has 0 radical (unpaired) electrons. The lowest BCUT2D eigenvalue weighted by Crippen LogP contribution is -2.69. The van der Waals surface area contributed by atoms with Gasteiger partial charge in [0, 0.05) is 38.0 Å². The summed E-state index contributed by atoms with van der Waals surface area (Å²) in [6.07, 6.45) is 2.26. The molecule has 0 aliphatic carbocycles. The summed E-state index contributed by atoms with van der Waals surface area (Å²) >= 11 is 1.73. The predicted molar refractivity (Wildman–Crippen MR) is 94.9 cm³/mol. The fraction of sp³-hybridized carbons (Fsp3) is 0.647. The van der Waals surface area contributed by atoms with Crippen LogP contribution in [0.15, 0.2) is 11.4 Å². The molecule has 8 heteroatoms. The maximum Gasteiger partial charge on any atom is 0.227 e. The van der Waals surface area contributed by atoms with E-state index in [9.17, 15) is 18.0 Å². The molecular formula is C17H22N2O4S2. The van der Waals surface area contributed by atoms with E-state index in [1.807, 2.05) is 4.90 Å². The second-order valence-corrected chi connectivity index (χ2v) is 10.8. The summed E-state index contributed by atoms with van der Waals surface area (Å²) in [6.45, 7) is 3.01. The number of nitrogens with zero attached hydrogens (tertiary/aromatic N) is 2. The molecule has 0 saturated carbocycles. The molecular weight excluding hydrogens is 360 g/mol. The number of amides is 2. The molecule has 136 valence electrons. The van der Waals surface area contributed by atoms with Crippen molar-refractivity contribution in [2.45, 2.75) is 37.5 Å². The monoisotopic (exact) mass is 382 g/mol. The summed E-state index contributed by atoms with van der Waals surface area (Å²) in [5.74, 6) is -0.652. The third kappa shape index (κ3) is 2.52. The molecule has 1 aromatic heterocycles. The zero-order valence-electron chi connectivity index (χ0n) is 14.2. The van der Waals surface area contributed by atoms with Gasteiger partial charge in [-0.1, -0.05) is 0 Å². The second-order valence-electron chi connectivity index (χ2n) is 7.33. The molecule has 4 heterocycles. The van der Waals surface area contributed by atoms with Crippen molar-refractivity contribution in [1.29, 1.82) is 0 Å². The minimum atomic E-state index is -3.35. The highest BCUT2D eigenvalue weighted by Gasteiger charge is 2.64. The highest BCUT2D eigenvalue weighted by Crippen LogP contribution is 2.45.